The fourth-order valence-corrected chi connectivity index (χ4v) is 3.57. The first kappa shape index (κ1) is 22.1. The Morgan fingerprint density at radius 2 is 1.52 bits per heavy atom. The van der Waals surface area contributed by atoms with Crippen LogP contribution in [0.5, 0.6) is 11.5 Å². The van der Waals surface area contributed by atoms with Crippen molar-refractivity contribution in [2.75, 3.05) is 12.4 Å². The van der Waals surface area contributed by atoms with E-state index in [-0.39, 0.29) is 30.2 Å². The number of ether oxygens (including phenoxy) is 2. The van der Waals surface area contributed by atoms with Crippen LogP contribution >= 0.6 is 0 Å². The molecular formula is C26H25N3O4. The van der Waals surface area contributed by atoms with E-state index in [9.17, 15) is 9.59 Å². The molecule has 0 saturated carbocycles. The number of benzene rings is 2. The molecule has 7 nitrogen and oxygen atoms in total. The van der Waals surface area contributed by atoms with Gasteiger partial charge in [-0.2, -0.15) is 0 Å². The number of amides is 2. The number of imide groups is 1. The second kappa shape index (κ2) is 9.56. The van der Waals surface area contributed by atoms with Gasteiger partial charge in [0.1, 0.15) is 17.2 Å². The lowest BCUT2D eigenvalue weighted by molar-refractivity contribution is -0.137. The van der Waals surface area contributed by atoms with Gasteiger partial charge in [-0.15, -0.1) is 0 Å². The first-order valence-electron chi connectivity index (χ1n) is 10.6. The summed E-state index contributed by atoms with van der Waals surface area (Å²) < 4.78 is 10.9. The molecule has 0 saturated heterocycles. The van der Waals surface area contributed by atoms with Crippen LogP contribution in [-0.2, 0) is 16.1 Å². The number of nitrogens with one attached hydrogen (secondary N) is 1. The summed E-state index contributed by atoms with van der Waals surface area (Å²) in [5, 5.41) is 3.15. The standard InChI is InChI=1S/C26H25N3O4/c1-17(2)33-22-8-4-19(5-9-22)23-24(28-20-6-10-21(32-3)11-7-20)26(31)29(25(23)30)16-18-12-14-27-15-13-18/h4-15,17,28H,16H2,1-3H3. The van der Waals surface area contributed by atoms with Crippen molar-refractivity contribution in [3.05, 3.63) is 89.9 Å². The molecular weight excluding hydrogens is 418 g/mol. The van der Waals surface area contributed by atoms with Crippen molar-refractivity contribution in [1.82, 2.24) is 9.88 Å². The third kappa shape index (κ3) is 4.87. The molecule has 0 spiro atoms. The van der Waals surface area contributed by atoms with Gasteiger partial charge in [0, 0.05) is 18.1 Å². The number of carbonyl (C=O) groups is 2. The molecule has 1 aliphatic heterocycles. The Labute approximate surface area is 192 Å². The fraction of sp³-hybridized carbons (Fsp3) is 0.192. The maximum atomic E-state index is 13.4. The molecule has 1 N–H and O–H groups in total. The summed E-state index contributed by atoms with van der Waals surface area (Å²) in [6.45, 7) is 4.05. The number of hydrogen-bond acceptors (Lipinski definition) is 6. The smallest absolute Gasteiger partial charge is 0.278 e. The maximum absolute atomic E-state index is 13.4. The summed E-state index contributed by atoms with van der Waals surface area (Å²) >= 11 is 0. The third-order valence-corrected chi connectivity index (χ3v) is 5.13. The molecule has 1 aromatic heterocycles. The van der Waals surface area contributed by atoms with Crippen molar-refractivity contribution in [3.63, 3.8) is 0 Å². The van der Waals surface area contributed by atoms with Crippen LogP contribution < -0.4 is 14.8 Å². The van der Waals surface area contributed by atoms with Crippen LogP contribution in [0.4, 0.5) is 5.69 Å². The zero-order valence-electron chi connectivity index (χ0n) is 18.7. The highest BCUT2D eigenvalue weighted by Gasteiger charge is 2.39. The molecule has 3 aromatic rings. The molecule has 2 aromatic carbocycles. The normalized spacial score (nSPS) is 13.6. The Hall–Kier alpha value is -4.13. The molecule has 33 heavy (non-hydrogen) atoms. The molecule has 0 aliphatic carbocycles. The maximum Gasteiger partial charge on any atom is 0.278 e. The van der Waals surface area contributed by atoms with Gasteiger partial charge in [-0.25, -0.2) is 0 Å². The fourth-order valence-electron chi connectivity index (χ4n) is 3.57. The minimum atomic E-state index is -0.384. The predicted molar refractivity (Wildman–Crippen MR) is 126 cm³/mol. The first-order chi connectivity index (χ1) is 16.0. The highest BCUT2D eigenvalue weighted by Crippen LogP contribution is 2.32. The topological polar surface area (TPSA) is 80.8 Å². The number of rotatable bonds is 8. The Bertz CT molecular complexity index is 1170. The summed E-state index contributed by atoms with van der Waals surface area (Å²) in [6, 6.07) is 17.9. The van der Waals surface area contributed by atoms with E-state index in [4.69, 9.17) is 9.47 Å². The zero-order chi connectivity index (χ0) is 23.4. The Balaban J connectivity index is 1.70. The number of pyridine rings is 1. The van der Waals surface area contributed by atoms with E-state index in [1.807, 2.05) is 13.8 Å². The Kier molecular flexibility index (Phi) is 6.40. The van der Waals surface area contributed by atoms with Crippen molar-refractivity contribution >= 4 is 23.1 Å². The van der Waals surface area contributed by atoms with E-state index in [1.165, 1.54) is 4.90 Å². The van der Waals surface area contributed by atoms with Crippen molar-refractivity contribution < 1.29 is 19.1 Å². The molecule has 168 valence electrons. The highest BCUT2D eigenvalue weighted by molar-refractivity contribution is 6.36. The lowest BCUT2D eigenvalue weighted by Gasteiger charge is -2.15. The van der Waals surface area contributed by atoms with Gasteiger partial charge >= 0.3 is 0 Å². The van der Waals surface area contributed by atoms with Crippen LogP contribution in [0.15, 0.2) is 78.8 Å². The molecule has 0 atom stereocenters. The summed E-state index contributed by atoms with van der Waals surface area (Å²) in [4.78, 5) is 32.0. The highest BCUT2D eigenvalue weighted by atomic mass is 16.5. The quantitative estimate of drug-likeness (QED) is 0.524. The lowest BCUT2D eigenvalue weighted by Crippen LogP contribution is -2.32. The summed E-state index contributed by atoms with van der Waals surface area (Å²) in [5.74, 6) is 0.656. The van der Waals surface area contributed by atoms with E-state index in [2.05, 4.69) is 10.3 Å². The number of aromatic nitrogens is 1. The number of methoxy groups -OCH3 is 1. The van der Waals surface area contributed by atoms with Crippen molar-refractivity contribution in [1.29, 1.82) is 0 Å². The van der Waals surface area contributed by atoms with E-state index >= 15 is 0 Å². The number of anilines is 1. The molecule has 0 fully saturated rings. The Morgan fingerprint density at radius 1 is 0.879 bits per heavy atom. The van der Waals surface area contributed by atoms with E-state index in [1.54, 1.807) is 80.2 Å². The van der Waals surface area contributed by atoms with Crippen LogP contribution in [0.3, 0.4) is 0 Å². The summed E-state index contributed by atoms with van der Waals surface area (Å²) in [6.07, 6.45) is 3.31. The van der Waals surface area contributed by atoms with Gasteiger partial charge in [-0.1, -0.05) is 12.1 Å². The number of hydrogen-bond donors (Lipinski definition) is 1. The largest absolute Gasteiger partial charge is 0.497 e. The zero-order valence-corrected chi connectivity index (χ0v) is 18.7. The summed E-state index contributed by atoms with van der Waals surface area (Å²) in [7, 11) is 1.59. The molecule has 0 bridgehead atoms. The van der Waals surface area contributed by atoms with Gasteiger partial charge in [-0.05, 0) is 73.5 Å². The van der Waals surface area contributed by atoms with Crippen molar-refractivity contribution in [2.45, 2.75) is 26.5 Å². The summed E-state index contributed by atoms with van der Waals surface area (Å²) in [5.41, 5.74) is 2.68. The third-order valence-electron chi connectivity index (χ3n) is 5.13. The van der Waals surface area contributed by atoms with Crippen LogP contribution in [0.2, 0.25) is 0 Å². The van der Waals surface area contributed by atoms with Crippen molar-refractivity contribution in [3.8, 4) is 11.5 Å². The molecule has 1 aliphatic rings. The Morgan fingerprint density at radius 3 is 2.12 bits per heavy atom. The lowest BCUT2D eigenvalue weighted by atomic mass is 10.0. The van der Waals surface area contributed by atoms with Crippen LogP contribution in [0.1, 0.15) is 25.0 Å². The average molecular weight is 444 g/mol. The van der Waals surface area contributed by atoms with Crippen LogP contribution in [0, 0.1) is 0 Å². The molecule has 0 radical (unpaired) electrons. The minimum Gasteiger partial charge on any atom is -0.497 e. The molecule has 2 amide bonds. The number of carbonyl (C=O) groups excluding carboxylic acids is 2. The van der Waals surface area contributed by atoms with Crippen LogP contribution in [0.25, 0.3) is 5.57 Å². The van der Waals surface area contributed by atoms with E-state index < -0.39 is 0 Å². The molecule has 0 unspecified atom stereocenters. The van der Waals surface area contributed by atoms with Crippen molar-refractivity contribution in [2.24, 2.45) is 0 Å². The van der Waals surface area contributed by atoms with Gasteiger partial charge in [-0.3, -0.25) is 19.5 Å². The van der Waals surface area contributed by atoms with Gasteiger partial charge < -0.3 is 14.8 Å². The second-order valence-electron chi connectivity index (χ2n) is 7.85. The van der Waals surface area contributed by atoms with Gasteiger partial charge in [0.15, 0.2) is 0 Å². The molecule has 2 heterocycles. The monoisotopic (exact) mass is 443 g/mol. The second-order valence-corrected chi connectivity index (χ2v) is 7.85. The predicted octanol–water partition coefficient (Wildman–Crippen LogP) is 4.27. The molecule has 4 rings (SSSR count). The van der Waals surface area contributed by atoms with E-state index in [0.717, 1.165) is 5.56 Å². The minimum absolute atomic E-state index is 0.0351. The van der Waals surface area contributed by atoms with Gasteiger partial charge in [0.2, 0.25) is 0 Å². The SMILES string of the molecule is COc1ccc(NC2=C(c3ccc(OC(C)C)cc3)C(=O)N(Cc3ccncc3)C2=O)cc1. The van der Waals surface area contributed by atoms with Crippen LogP contribution in [-0.4, -0.2) is 34.9 Å². The average Bonchev–Trinajstić information content (AvgIpc) is 3.05. The molecule has 7 heteroatoms. The van der Waals surface area contributed by atoms with E-state index in [0.29, 0.717) is 28.3 Å². The first-order valence-corrected chi connectivity index (χ1v) is 10.6. The number of nitrogens with zero attached hydrogens (tertiary/aromatic N) is 2. The van der Waals surface area contributed by atoms with Gasteiger partial charge in [0.25, 0.3) is 11.8 Å². The van der Waals surface area contributed by atoms with Gasteiger partial charge in [0.05, 0.1) is 25.3 Å².